The van der Waals surface area contributed by atoms with Crippen LogP contribution >= 0.6 is 0 Å². The number of aromatic nitrogens is 2. The van der Waals surface area contributed by atoms with E-state index in [0.717, 1.165) is 30.1 Å². The minimum Gasteiger partial charge on any atom is -0.383 e. The van der Waals surface area contributed by atoms with Crippen LogP contribution in [0, 0.1) is 5.92 Å². The van der Waals surface area contributed by atoms with Gasteiger partial charge in [0.2, 0.25) is 0 Å². The largest absolute Gasteiger partial charge is 0.383 e. The molecule has 0 spiro atoms. The number of rotatable bonds is 6. The normalized spacial score (nSPS) is 22.7. The van der Waals surface area contributed by atoms with Crippen molar-refractivity contribution in [3.63, 3.8) is 0 Å². The highest BCUT2D eigenvalue weighted by Gasteiger charge is 2.21. The van der Waals surface area contributed by atoms with E-state index in [1.54, 1.807) is 6.33 Å². The molecule has 1 aliphatic rings. The van der Waals surface area contributed by atoms with Crippen molar-refractivity contribution in [3.05, 3.63) is 11.9 Å². The summed E-state index contributed by atoms with van der Waals surface area (Å²) in [6.45, 7) is 4.44. The third-order valence-corrected chi connectivity index (χ3v) is 4.36. The zero-order valence-corrected chi connectivity index (χ0v) is 12.9. The van der Waals surface area contributed by atoms with Crippen LogP contribution in [0.1, 0.15) is 64.4 Å². The molecule has 4 nitrogen and oxygen atoms in total. The van der Waals surface area contributed by atoms with E-state index >= 15 is 0 Å². The number of anilines is 2. The Morgan fingerprint density at radius 1 is 1.15 bits per heavy atom. The molecule has 0 radical (unpaired) electrons. The van der Waals surface area contributed by atoms with Gasteiger partial charge < -0.3 is 11.1 Å². The third-order valence-electron chi connectivity index (χ3n) is 4.36. The summed E-state index contributed by atoms with van der Waals surface area (Å²) in [4.78, 5) is 8.52. The summed E-state index contributed by atoms with van der Waals surface area (Å²) in [6.07, 6.45) is 11.5. The maximum Gasteiger partial charge on any atom is 0.134 e. The van der Waals surface area contributed by atoms with E-state index in [-0.39, 0.29) is 0 Å². The molecule has 20 heavy (non-hydrogen) atoms. The van der Waals surface area contributed by atoms with Crippen LogP contribution in [0.15, 0.2) is 6.33 Å². The van der Waals surface area contributed by atoms with E-state index in [2.05, 4.69) is 29.1 Å². The zero-order valence-electron chi connectivity index (χ0n) is 12.9. The number of nitrogens with zero attached hydrogens (tertiary/aromatic N) is 2. The van der Waals surface area contributed by atoms with Crippen LogP contribution in [0.5, 0.6) is 0 Å². The maximum atomic E-state index is 5.98. The molecule has 0 amide bonds. The molecule has 3 N–H and O–H groups in total. The van der Waals surface area contributed by atoms with Crippen LogP contribution < -0.4 is 11.1 Å². The van der Waals surface area contributed by atoms with Crippen molar-refractivity contribution in [2.45, 2.75) is 71.3 Å². The first-order valence-electron chi connectivity index (χ1n) is 8.10. The van der Waals surface area contributed by atoms with Gasteiger partial charge >= 0.3 is 0 Å². The lowest BCUT2D eigenvalue weighted by Crippen LogP contribution is -2.27. The third kappa shape index (κ3) is 3.84. The number of nitrogen functional groups attached to an aromatic ring is 1. The summed E-state index contributed by atoms with van der Waals surface area (Å²) in [5, 5.41) is 3.61. The second-order valence-corrected chi connectivity index (χ2v) is 5.99. The average molecular weight is 276 g/mol. The fourth-order valence-electron chi connectivity index (χ4n) is 3.24. The standard InChI is InChI=1S/C16H28N4/c1-3-5-12-7-9-13(10-8-12)20-16-14(6-4-2)15(17)18-11-19-16/h11-13H,3-10H2,1-2H3,(H3,17,18,19,20). The first-order valence-corrected chi connectivity index (χ1v) is 8.10. The van der Waals surface area contributed by atoms with Gasteiger partial charge in [0.15, 0.2) is 0 Å². The van der Waals surface area contributed by atoms with Crippen molar-refractivity contribution in [2.75, 3.05) is 11.1 Å². The molecule has 1 saturated carbocycles. The van der Waals surface area contributed by atoms with E-state index < -0.39 is 0 Å². The fourth-order valence-corrected chi connectivity index (χ4v) is 3.24. The van der Waals surface area contributed by atoms with Gasteiger partial charge in [0.25, 0.3) is 0 Å². The lowest BCUT2D eigenvalue weighted by molar-refractivity contribution is 0.318. The second-order valence-electron chi connectivity index (χ2n) is 5.99. The average Bonchev–Trinajstić information content (AvgIpc) is 2.45. The quantitative estimate of drug-likeness (QED) is 0.830. The second kappa shape index (κ2) is 7.46. The van der Waals surface area contributed by atoms with E-state index in [9.17, 15) is 0 Å². The Balaban J connectivity index is 1.95. The molecule has 4 heteroatoms. The van der Waals surface area contributed by atoms with Gasteiger partial charge in [0.05, 0.1) is 0 Å². The molecule has 0 bridgehead atoms. The van der Waals surface area contributed by atoms with E-state index in [1.165, 1.54) is 38.5 Å². The van der Waals surface area contributed by atoms with E-state index in [1.807, 2.05) is 0 Å². The Labute approximate surface area is 122 Å². The van der Waals surface area contributed by atoms with Crippen LogP contribution in [0.25, 0.3) is 0 Å². The molecule has 0 saturated heterocycles. The molecule has 2 rings (SSSR count). The molecular formula is C16H28N4. The number of nitrogens with two attached hydrogens (primary N) is 1. The van der Waals surface area contributed by atoms with E-state index in [0.29, 0.717) is 11.9 Å². The molecule has 1 fully saturated rings. The monoisotopic (exact) mass is 276 g/mol. The molecule has 112 valence electrons. The van der Waals surface area contributed by atoms with Crippen LogP contribution in [-0.2, 0) is 6.42 Å². The molecule has 1 aromatic rings. The van der Waals surface area contributed by atoms with Crippen LogP contribution in [-0.4, -0.2) is 16.0 Å². The molecule has 1 aromatic heterocycles. The lowest BCUT2D eigenvalue weighted by atomic mass is 9.83. The summed E-state index contributed by atoms with van der Waals surface area (Å²) in [7, 11) is 0. The van der Waals surface area contributed by atoms with Crippen molar-refractivity contribution in [1.82, 2.24) is 9.97 Å². The van der Waals surface area contributed by atoms with Crippen LogP contribution in [0.4, 0.5) is 11.6 Å². The SMILES string of the molecule is CCCc1c(N)ncnc1NC1CCC(CCC)CC1. The Kier molecular flexibility index (Phi) is 5.62. The number of nitrogens with one attached hydrogen (secondary N) is 1. The highest BCUT2D eigenvalue weighted by molar-refractivity contribution is 5.55. The Morgan fingerprint density at radius 2 is 1.90 bits per heavy atom. The smallest absolute Gasteiger partial charge is 0.134 e. The van der Waals surface area contributed by atoms with Crippen LogP contribution in [0.3, 0.4) is 0 Å². The molecule has 0 aromatic carbocycles. The first kappa shape index (κ1) is 15.1. The summed E-state index contributed by atoms with van der Waals surface area (Å²) < 4.78 is 0. The molecular weight excluding hydrogens is 248 g/mol. The van der Waals surface area contributed by atoms with Crippen molar-refractivity contribution in [1.29, 1.82) is 0 Å². The van der Waals surface area contributed by atoms with Crippen molar-refractivity contribution < 1.29 is 0 Å². The minimum absolute atomic E-state index is 0.549. The van der Waals surface area contributed by atoms with Crippen molar-refractivity contribution >= 4 is 11.6 Å². The molecule has 1 aliphatic carbocycles. The predicted octanol–water partition coefficient (Wildman–Crippen LogP) is 3.78. The Hall–Kier alpha value is -1.32. The topological polar surface area (TPSA) is 63.8 Å². The maximum absolute atomic E-state index is 5.98. The zero-order chi connectivity index (χ0) is 14.4. The molecule has 1 heterocycles. The molecule has 0 unspecified atom stereocenters. The fraction of sp³-hybridized carbons (Fsp3) is 0.750. The Morgan fingerprint density at radius 3 is 2.55 bits per heavy atom. The van der Waals surface area contributed by atoms with Gasteiger partial charge in [-0.15, -0.1) is 0 Å². The molecule has 0 aliphatic heterocycles. The molecule has 0 atom stereocenters. The van der Waals surface area contributed by atoms with Gasteiger partial charge in [-0.1, -0.05) is 33.1 Å². The summed E-state index contributed by atoms with van der Waals surface area (Å²) in [5.74, 6) is 2.52. The highest BCUT2D eigenvalue weighted by Crippen LogP contribution is 2.30. The van der Waals surface area contributed by atoms with Crippen LogP contribution in [0.2, 0.25) is 0 Å². The predicted molar refractivity (Wildman–Crippen MR) is 84.7 cm³/mol. The first-order chi connectivity index (χ1) is 9.74. The van der Waals surface area contributed by atoms with Gasteiger partial charge in [-0.2, -0.15) is 0 Å². The van der Waals surface area contributed by atoms with Gasteiger partial charge in [0, 0.05) is 11.6 Å². The van der Waals surface area contributed by atoms with E-state index in [4.69, 9.17) is 5.73 Å². The number of hydrogen-bond donors (Lipinski definition) is 2. The Bertz CT molecular complexity index is 411. The summed E-state index contributed by atoms with van der Waals surface area (Å²) in [5.41, 5.74) is 7.07. The minimum atomic E-state index is 0.549. The summed E-state index contributed by atoms with van der Waals surface area (Å²) >= 11 is 0. The lowest BCUT2D eigenvalue weighted by Gasteiger charge is -2.29. The van der Waals surface area contributed by atoms with Crippen molar-refractivity contribution in [3.8, 4) is 0 Å². The highest BCUT2D eigenvalue weighted by atomic mass is 15.1. The van der Waals surface area contributed by atoms with Gasteiger partial charge in [-0.05, 0) is 38.0 Å². The van der Waals surface area contributed by atoms with Gasteiger partial charge in [-0.25, -0.2) is 9.97 Å². The van der Waals surface area contributed by atoms with Gasteiger partial charge in [-0.3, -0.25) is 0 Å². The summed E-state index contributed by atoms with van der Waals surface area (Å²) in [6, 6.07) is 0.549. The number of hydrogen-bond acceptors (Lipinski definition) is 4. The van der Waals surface area contributed by atoms with Crippen molar-refractivity contribution in [2.24, 2.45) is 5.92 Å². The van der Waals surface area contributed by atoms with Gasteiger partial charge in [0.1, 0.15) is 18.0 Å².